The molecule has 1 aliphatic heterocycles. The molecular formula is C32H29IN2O5S. The second-order valence-corrected chi connectivity index (χ2v) is 11.7. The van der Waals surface area contributed by atoms with E-state index in [-0.39, 0.29) is 18.3 Å². The Morgan fingerprint density at radius 3 is 2.41 bits per heavy atom. The van der Waals surface area contributed by atoms with Crippen LogP contribution in [0, 0.1) is 3.57 Å². The lowest BCUT2D eigenvalue weighted by molar-refractivity contribution is -0.138. The highest BCUT2D eigenvalue weighted by atomic mass is 127. The molecule has 2 heterocycles. The summed E-state index contributed by atoms with van der Waals surface area (Å²) in [6.07, 6.45) is 1.81. The van der Waals surface area contributed by atoms with E-state index in [1.54, 1.807) is 18.6 Å². The van der Waals surface area contributed by atoms with Gasteiger partial charge < -0.3 is 14.2 Å². The molecule has 0 saturated heterocycles. The van der Waals surface area contributed by atoms with Gasteiger partial charge in [-0.2, -0.15) is 0 Å². The number of hydrogen-bond acceptors (Lipinski definition) is 7. The molecule has 0 bridgehead atoms. The molecule has 1 aliphatic rings. The van der Waals surface area contributed by atoms with E-state index in [9.17, 15) is 9.59 Å². The average molecular weight is 681 g/mol. The standard InChI is InChI=1S/C32H29IN2O5S/c1-5-39-31(37)26-27(21-12-8-6-9-13-21)34-32-35(28(26)22-14-10-7-11-15-22)30(36)25(41-32)18-20-16-23(33)29(40-19(2)3)24(17-20)38-4/h6-19,28H,5H2,1-4H3/b25-18-/t28-/m1/s1. The zero-order chi connectivity index (χ0) is 29.1. The predicted molar refractivity (Wildman–Crippen MR) is 169 cm³/mol. The maximum atomic E-state index is 14.1. The van der Waals surface area contributed by atoms with Crippen molar-refractivity contribution < 1.29 is 19.0 Å². The number of rotatable bonds is 8. The van der Waals surface area contributed by atoms with Crippen LogP contribution < -0.4 is 24.4 Å². The number of halogens is 1. The van der Waals surface area contributed by atoms with Gasteiger partial charge in [-0.15, -0.1) is 0 Å². The molecule has 7 nitrogen and oxygen atoms in total. The van der Waals surface area contributed by atoms with Crippen LogP contribution in [0.5, 0.6) is 11.5 Å². The van der Waals surface area contributed by atoms with Gasteiger partial charge in [0.1, 0.15) is 0 Å². The zero-order valence-electron chi connectivity index (χ0n) is 23.1. The van der Waals surface area contributed by atoms with Crippen LogP contribution in [0.3, 0.4) is 0 Å². The highest BCUT2D eigenvalue weighted by molar-refractivity contribution is 14.1. The molecule has 0 spiro atoms. The number of ether oxygens (including phenoxy) is 3. The van der Waals surface area contributed by atoms with Gasteiger partial charge in [-0.3, -0.25) is 9.36 Å². The van der Waals surface area contributed by atoms with E-state index < -0.39 is 12.0 Å². The summed E-state index contributed by atoms with van der Waals surface area (Å²) in [4.78, 5) is 33.0. The SMILES string of the molecule is CCOC(=O)C1=C(c2ccccc2)N=c2s/c(=C\c3cc(I)c(OC(C)C)c(OC)c3)c(=O)n2[C@@H]1c1ccccc1. The third-order valence-corrected chi connectivity index (χ3v) is 8.18. The molecule has 0 N–H and O–H groups in total. The smallest absolute Gasteiger partial charge is 0.338 e. The Hall–Kier alpha value is -3.70. The number of aromatic nitrogens is 1. The second-order valence-electron chi connectivity index (χ2n) is 9.54. The van der Waals surface area contributed by atoms with Crippen LogP contribution >= 0.6 is 33.9 Å². The topological polar surface area (TPSA) is 79.1 Å². The number of carbonyl (C=O) groups excluding carboxylic acids is 1. The van der Waals surface area contributed by atoms with Crippen molar-refractivity contribution in [3.05, 3.63) is 118 Å². The summed E-state index contributed by atoms with van der Waals surface area (Å²) in [5.41, 5.74) is 2.93. The molecule has 0 unspecified atom stereocenters. The molecule has 0 saturated carbocycles. The van der Waals surface area contributed by atoms with Crippen molar-refractivity contribution in [3.63, 3.8) is 0 Å². The maximum absolute atomic E-state index is 14.1. The molecule has 5 rings (SSSR count). The first-order valence-electron chi connectivity index (χ1n) is 13.2. The van der Waals surface area contributed by atoms with E-state index in [4.69, 9.17) is 19.2 Å². The summed E-state index contributed by atoms with van der Waals surface area (Å²) in [5.74, 6) is 0.749. The highest BCUT2D eigenvalue weighted by Crippen LogP contribution is 2.36. The number of methoxy groups -OCH3 is 1. The quantitative estimate of drug-likeness (QED) is 0.186. The summed E-state index contributed by atoms with van der Waals surface area (Å²) in [7, 11) is 1.60. The van der Waals surface area contributed by atoms with E-state index >= 15 is 0 Å². The number of fused-ring (bicyclic) bond motifs is 1. The molecule has 0 radical (unpaired) electrons. The molecule has 0 fully saturated rings. The third-order valence-electron chi connectivity index (χ3n) is 6.39. The Bertz CT molecular complexity index is 1790. The molecule has 0 amide bonds. The fraction of sp³-hybridized carbons (Fsp3) is 0.219. The third kappa shape index (κ3) is 5.87. The van der Waals surface area contributed by atoms with Gasteiger partial charge in [-0.25, -0.2) is 9.79 Å². The van der Waals surface area contributed by atoms with Gasteiger partial charge in [0.05, 0.1) is 45.2 Å². The van der Waals surface area contributed by atoms with Crippen LogP contribution in [0.25, 0.3) is 11.8 Å². The van der Waals surface area contributed by atoms with Gasteiger partial charge in [0.2, 0.25) is 0 Å². The molecule has 9 heteroatoms. The Kier molecular flexibility index (Phi) is 8.74. The van der Waals surface area contributed by atoms with Crippen molar-refractivity contribution >= 4 is 51.7 Å². The first-order chi connectivity index (χ1) is 19.8. The monoisotopic (exact) mass is 680 g/mol. The molecule has 3 aromatic carbocycles. The molecule has 4 aromatic rings. The molecule has 41 heavy (non-hydrogen) atoms. The molecule has 1 aromatic heterocycles. The first-order valence-corrected chi connectivity index (χ1v) is 15.1. The van der Waals surface area contributed by atoms with E-state index in [0.29, 0.717) is 32.1 Å². The Morgan fingerprint density at radius 2 is 1.78 bits per heavy atom. The first kappa shape index (κ1) is 28.8. The number of carbonyl (C=O) groups is 1. The number of thiazole rings is 1. The van der Waals surface area contributed by atoms with E-state index in [2.05, 4.69) is 22.6 Å². The fourth-order valence-electron chi connectivity index (χ4n) is 4.72. The van der Waals surface area contributed by atoms with Crippen LogP contribution in [0.15, 0.2) is 88.2 Å². The van der Waals surface area contributed by atoms with Gasteiger partial charge in [0, 0.05) is 5.56 Å². The Balaban J connectivity index is 1.76. The van der Waals surface area contributed by atoms with Crippen LogP contribution in [0.4, 0.5) is 0 Å². The zero-order valence-corrected chi connectivity index (χ0v) is 26.1. The van der Waals surface area contributed by atoms with E-state index in [1.165, 1.54) is 11.3 Å². The lowest BCUT2D eigenvalue weighted by Gasteiger charge is -2.25. The molecule has 1 atom stereocenters. The molecule has 0 aliphatic carbocycles. The minimum absolute atomic E-state index is 0.0163. The minimum Gasteiger partial charge on any atom is -0.493 e. The summed E-state index contributed by atoms with van der Waals surface area (Å²) >= 11 is 3.49. The fourth-order valence-corrected chi connectivity index (χ4v) is 6.47. The average Bonchev–Trinajstić information content (AvgIpc) is 3.28. The summed E-state index contributed by atoms with van der Waals surface area (Å²) in [6, 6.07) is 22.1. The van der Waals surface area contributed by atoms with Crippen LogP contribution in [0.2, 0.25) is 0 Å². The number of esters is 1. The summed E-state index contributed by atoms with van der Waals surface area (Å²) in [6.45, 7) is 5.89. The van der Waals surface area contributed by atoms with Gasteiger partial charge in [-0.1, -0.05) is 72.0 Å². The van der Waals surface area contributed by atoms with Crippen molar-refractivity contribution in [2.75, 3.05) is 13.7 Å². The van der Waals surface area contributed by atoms with Crippen molar-refractivity contribution in [2.45, 2.75) is 32.9 Å². The highest BCUT2D eigenvalue weighted by Gasteiger charge is 2.35. The Labute approximate surface area is 255 Å². The molecule has 210 valence electrons. The maximum Gasteiger partial charge on any atom is 0.338 e. The predicted octanol–water partition coefficient (Wildman–Crippen LogP) is 5.34. The van der Waals surface area contributed by atoms with Crippen molar-refractivity contribution in [3.8, 4) is 11.5 Å². The lowest BCUT2D eigenvalue weighted by Crippen LogP contribution is -2.40. The largest absolute Gasteiger partial charge is 0.493 e. The summed E-state index contributed by atoms with van der Waals surface area (Å²) < 4.78 is 20.0. The van der Waals surface area contributed by atoms with Crippen LogP contribution in [-0.4, -0.2) is 30.4 Å². The molecular weight excluding hydrogens is 651 g/mol. The summed E-state index contributed by atoms with van der Waals surface area (Å²) in [5, 5.41) is 0. The second kappa shape index (κ2) is 12.4. The lowest BCUT2D eigenvalue weighted by atomic mass is 9.93. The van der Waals surface area contributed by atoms with Gasteiger partial charge in [-0.05, 0) is 72.7 Å². The van der Waals surface area contributed by atoms with Crippen molar-refractivity contribution in [1.82, 2.24) is 4.57 Å². The van der Waals surface area contributed by atoms with Crippen molar-refractivity contribution in [2.24, 2.45) is 4.99 Å². The normalized spacial score (nSPS) is 15.0. The number of nitrogens with zero attached hydrogens (tertiary/aromatic N) is 2. The van der Waals surface area contributed by atoms with Crippen LogP contribution in [-0.2, 0) is 9.53 Å². The van der Waals surface area contributed by atoms with E-state index in [1.807, 2.05) is 92.7 Å². The Morgan fingerprint density at radius 1 is 1.10 bits per heavy atom. The number of benzene rings is 3. The van der Waals surface area contributed by atoms with Gasteiger partial charge in [0.25, 0.3) is 5.56 Å². The van der Waals surface area contributed by atoms with Crippen LogP contribution in [0.1, 0.15) is 43.5 Å². The van der Waals surface area contributed by atoms with Crippen molar-refractivity contribution in [1.29, 1.82) is 0 Å². The van der Waals surface area contributed by atoms with Gasteiger partial charge in [0.15, 0.2) is 16.3 Å². The number of hydrogen-bond donors (Lipinski definition) is 0. The minimum atomic E-state index is -0.708. The van der Waals surface area contributed by atoms with E-state index in [0.717, 1.165) is 20.3 Å². The van der Waals surface area contributed by atoms with Gasteiger partial charge >= 0.3 is 5.97 Å².